The molecule has 0 fully saturated rings. The number of Topliss-reactive ketones (excluding diaryl/α,β-unsaturated/α-hetero) is 1. The lowest BCUT2D eigenvalue weighted by Gasteiger charge is -2.24. The number of ketones is 1. The Hall–Kier alpha value is -0.910. The summed E-state index contributed by atoms with van der Waals surface area (Å²) in [5, 5.41) is 9.70. The average Bonchev–Trinajstić information content (AvgIpc) is 2.28. The van der Waals surface area contributed by atoms with E-state index in [2.05, 4.69) is 15.9 Å². The molecule has 5 heteroatoms. The van der Waals surface area contributed by atoms with Crippen LogP contribution in [0.1, 0.15) is 17.3 Å². The topological polar surface area (TPSA) is 49.8 Å². The fourth-order valence-corrected chi connectivity index (χ4v) is 2.14. The number of anilines is 1. The van der Waals surface area contributed by atoms with Crippen LogP contribution in [-0.4, -0.2) is 44.3 Å². The second kappa shape index (κ2) is 6.87. The molecule has 0 amide bonds. The first-order valence-corrected chi connectivity index (χ1v) is 6.43. The van der Waals surface area contributed by atoms with Gasteiger partial charge in [-0.2, -0.15) is 0 Å². The van der Waals surface area contributed by atoms with Crippen molar-refractivity contribution in [3.05, 3.63) is 28.2 Å². The molecule has 0 saturated heterocycles. The van der Waals surface area contributed by atoms with Gasteiger partial charge in [0.05, 0.1) is 12.7 Å². The van der Waals surface area contributed by atoms with E-state index in [4.69, 9.17) is 4.74 Å². The number of likely N-dealkylation sites (N-methyl/N-ethyl adjacent to an activating group) is 1. The number of ether oxygens (including phenoxy) is 1. The van der Waals surface area contributed by atoms with Gasteiger partial charge in [0.15, 0.2) is 5.78 Å². The van der Waals surface area contributed by atoms with Gasteiger partial charge in [0, 0.05) is 36.4 Å². The van der Waals surface area contributed by atoms with E-state index in [-0.39, 0.29) is 12.4 Å². The van der Waals surface area contributed by atoms with Gasteiger partial charge in [-0.3, -0.25) is 4.79 Å². The van der Waals surface area contributed by atoms with Crippen molar-refractivity contribution in [3.8, 4) is 0 Å². The summed E-state index contributed by atoms with van der Waals surface area (Å²) in [5.74, 6) is -0.000573. The highest BCUT2D eigenvalue weighted by atomic mass is 79.9. The summed E-state index contributed by atoms with van der Waals surface area (Å²) in [6.45, 7) is 2.22. The van der Waals surface area contributed by atoms with Crippen LogP contribution in [0.2, 0.25) is 0 Å². The summed E-state index contributed by atoms with van der Waals surface area (Å²) < 4.78 is 5.75. The molecule has 100 valence electrons. The number of carbonyl (C=O) groups excluding carboxylic acids is 1. The third-order valence-electron chi connectivity index (χ3n) is 2.59. The lowest BCUT2D eigenvalue weighted by Crippen LogP contribution is -2.32. The maximum Gasteiger partial charge on any atom is 0.161 e. The van der Waals surface area contributed by atoms with Gasteiger partial charge >= 0.3 is 0 Å². The third-order valence-corrected chi connectivity index (χ3v) is 3.09. The van der Waals surface area contributed by atoms with E-state index in [1.807, 2.05) is 24.1 Å². The summed E-state index contributed by atoms with van der Waals surface area (Å²) in [6, 6.07) is 5.53. The summed E-state index contributed by atoms with van der Waals surface area (Å²) in [7, 11) is 3.39. The van der Waals surface area contributed by atoms with Gasteiger partial charge < -0.3 is 14.7 Å². The molecule has 18 heavy (non-hydrogen) atoms. The predicted octanol–water partition coefficient (Wildman–Crippen LogP) is 2.10. The molecule has 0 aliphatic heterocycles. The van der Waals surface area contributed by atoms with Crippen molar-refractivity contribution in [3.63, 3.8) is 0 Å². The van der Waals surface area contributed by atoms with Crippen LogP contribution in [0.15, 0.2) is 22.7 Å². The van der Waals surface area contributed by atoms with E-state index in [0.717, 1.165) is 10.2 Å². The maximum atomic E-state index is 11.6. The molecule has 1 atom stereocenters. The predicted molar refractivity (Wildman–Crippen MR) is 75.3 cm³/mol. The van der Waals surface area contributed by atoms with Gasteiger partial charge in [-0.1, -0.05) is 15.9 Å². The standard InChI is InChI=1S/C13H18BrNO3/c1-9(16)12-6-10(14)4-5-13(12)15(2)7-11(17)8-18-3/h4-6,11,17H,7-8H2,1-3H3. The summed E-state index contributed by atoms with van der Waals surface area (Å²) in [6.07, 6.45) is -0.580. The zero-order chi connectivity index (χ0) is 13.7. The lowest BCUT2D eigenvalue weighted by atomic mass is 10.1. The molecule has 0 spiro atoms. The molecule has 0 heterocycles. The van der Waals surface area contributed by atoms with Crippen LogP contribution in [0, 0.1) is 0 Å². The Kier molecular flexibility index (Phi) is 5.78. The van der Waals surface area contributed by atoms with Gasteiger partial charge in [0.25, 0.3) is 0 Å². The van der Waals surface area contributed by atoms with Gasteiger partial charge in [-0.25, -0.2) is 0 Å². The number of aliphatic hydroxyl groups excluding tert-OH is 1. The molecule has 0 saturated carbocycles. The van der Waals surface area contributed by atoms with Crippen LogP contribution in [0.5, 0.6) is 0 Å². The van der Waals surface area contributed by atoms with E-state index in [1.165, 1.54) is 6.92 Å². The Morgan fingerprint density at radius 1 is 1.56 bits per heavy atom. The SMILES string of the molecule is COCC(O)CN(C)c1ccc(Br)cc1C(C)=O. The summed E-state index contributed by atoms with van der Waals surface area (Å²) in [4.78, 5) is 13.5. The molecule has 0 radical (unpaired) electrons. The number of aliphatic hydroxyl groups is 1. The quantitative estimate of drug-likeness (QED) is 0.817. The Morgan fingerprint density at radius 3 is 2.78 bits per heavy atom. The van der Waals surface area contributed by atoms with Crippen LogP contribution >= 0.6 is 15.9 Å². The van der Waals surface area contributed by atoms with Crippen molar-refractivity contribution in [2.75, 3.05) is 32.2 Å². The highest BCUT2D eigenvalue weighted by Crippen LogP contribution is 2.24. The Balaban J connectivity index is 2.91. The zero-order valence-corrected chi connectivity index (χ0v) is 12.4. The van der Waals surface area contributed by atoms with E-state index in [1.54, 1.807) is 13.2 Å². The smallest absolute Gasteiger partial charge is 0.161 e. The second-order valence-electron chi connectivity index (χ2n) is 4.21. The van der Waals surface area contributed by atoms with Crippen LogP contribution < -0.4 is 4.90 Å². The Bertz CT molecular complexity index is 423. The fourth-order valence-electron chi connectivity index (χ4n) is 1.78. The molecule has 0 bridgehead atoms. The Labute approximate surface area is 116 Å². The van der Waals surface area contributed by atoms with Crippen LogP contribution in [0.4, 0.5) is 5.69 Å². The van der Waals surface area contributed by atoms with Crippen molar-refractivity contribution in [2.24, 2.45) is 0 Å². The molecule has 1 aromatic carbocycles. The highest BCUT2D eigenvalue weighted by molar-refractivity contribution is 9.10. The molecule has 1 N–H and O–H groups in total. The summed E-state index contributed by atoms with van der Waals surface area (Å²) >= 11 is 3.35. The van der Waals surface area contributed by atoms with E-state index >= 15 is 0 Å². The zero-order valence-electron chi connectivity index (χ0n) is 10.8. The van der Waals surface area contributed by atoms with E-state index in [0.29, 0.717) is 12.1 Å². The van der Waals surface area contributed by atoms with E-state index < -0.39 is 6.10 Å². The van der Waals surface area contributed by atoms with Crippen molar-refractivity contribution in [2.45, 2.75) is 13.0 Å². The second-order valence-corrected chi connectivity index (χ2v) is 5.12. The third kappa shape index (κ3) is 4.08. The Morgan fingerprint density at radius 2 is 2.22 bits per heavy atom. The number of benzene rings is 1. The molecule has 1 unspecified atom stereocenters. The average molecular weight is 316 g/mol. The number of carbonyl (C=O) groups is 1. The van der Waals surface area contributed by atoms with E-state index in [9.17, 15) is 9.90 Å². The first-order chi connectivity index (χ1) is 8.45. The van der Waals surface area contributed by atoms with Gasteiger partial charge in [0.2, 0.25) is 0 Å². The number of nitrogens with zero attached hydrogens (tertiary/aromatic N) is 1. The normalized spacial score (nSPS) is 12.3. The molecule has 0 aliphatic rings. The largest absolute Gasteiger partial charge is 0.389 e. The van der Waals surface area contributed by atoms with Gasteiger partial charge in [-0.05, 0) is 25.1 Å². The van der Waals surface area contributed by atoms with Crippen molar-refractivity contribution in [1.29, 1.82) is 0 Å². The monoisotopic (exact) mass is 315 g/mol. The number of hydrogen-bond donors (Lipinski definition) is 1. The van der Waals surface area contributed by atoms with Crippen molar-refractivity contribution in [1.82, 2.24) is 0 Å². The van der Waals surface area contributed by atoms with Crippen molar-refractivity contribution < 1.29 is 14.6 Å². The maximum absolute atomic E-state index is 11.6. The minimum atomic E-state index is -0.580. The first kappa shape index (κ1) is 15.1. The first-order valence-electron chi connectivity index (χ1n) is 5.64. The minimum absolute atomic E-state index is 0.000573. The number of hydrogen-bond acceptors (Lipinski definition) is 4. The minimum Gasteiger partial charge on any atom is -0.389 e. The highest BCUT2D eigenvalue weighted by Gasteiger charge is 2.14. The molecule has 4 nitrogen and oxygen atoms in total. The molecule has 1 aromatic rings. The molecule has 1 rings (SSSR count). The summed E-state index contributed by atoms with van der Waals surface area (Å²) in [5.41, 5.74) is 1.44. The fraction of sp³-hybridized carbons (Fsp3) is 0.462. The molecule has 0 aromatic heterocycles. The van der Waals surface area contributed by atoms with Crippen molar-refractivity contribution >= 4 is 27.4 Å². The number of rotatable bonds is 6. The van der Waals surface area contributed by atoms with Gasteiger partial charge in [0.1, 0.15) is 0 Å². The molecular formula is C13H18BrNO3. The number of methoxy groups -OCH3 is 1. The van der Waals surface area contributed by atoms with Crippen LogP contribution in [0.3, 0.4) is 0 Å². The van der Waals surface area contributed by atoms with Crippen LogP contribution in [0.25, 0.3) is 0 Å². The van der Waals surface area contributed by atoms with Gasteiger partial charge in [-0.15, -0.1) is 0 Å². The number of halogens is 1. The molecule has 0 aliphatic carbocycles. The lowest BCUT2D eigenvalue weighted by molar-refractivity contribution is 0.0694. The molecular weight excluding hydrogens is 298 g/mol. The van der Waals surface area contributed by atoms with Crippen LogP contribution in [-0.2, 0) is 4.74 Å².